The summed E-state index contributed by atoms with van der Waals surface area (Å²) in [5.74, 6) is 0.571. The van der Waals surface area contributed by atoms with Crippen LogP contribution >= 0.6 is 0 Å². The van der Waals surface area contributed by atoms with Crippen LogP contribution in [0, 0.1) is 13.8 Å². The third-order valence-electron chi connectivity index (χ3n) is 7.01. The summed E-state index contributed by atoms with van der Waals surface area (Å²) in [5.41, 5.74) is 2.80. The van der Waals surface area contributed by atoms with Gasteiger partial charge in [-0.2, -0.15) is 4.98 Å². The largest absolute Gasteiger partial charge is 0.493 e. The number of carbonyl (C=O) groups excluding carboxylic acids is 2. The Morgan fingerprint density at radius 3 is 2.87 bits per heavy atom. The van der Waals surface area contributed by atoms with Crippen LogP contribution in [0.15, 0.2) is 29.2 Å². The second-order valence-electron chi connectivity index (χ2n) is 9.65. The van der Waals surface area contributed by atoms with Crippen molar-refractivity contribution in [3.63, 3.8) is 0 Å². The number of hydrogen-bond donors (Lipinski definition) is 2. The molecule has 0 aliphatic carbocycles. The number of fused-ring (bicyclic) bond motifs is 5. The standard InChI is InChI=1S/C26H31N7O6/c1-15-19(16(2)28-26(36)27-15)5-7-24(34)32-12-20-23(13-32)39-14-18-11-33(31-30-18)8-9-38-22-10-17(25(35)29-20)4-6-21(22)37-3/h4,6,10-11,20,23H,5,7-9,12-14H2,1-3H3,(H,29,35)(H,27,28,36)/t20-,23-/m0/s1. The van der Waals surface area contributed by atoms with Crippen LogP contribution in [0.5, 0.6) is 11.5 Å². The van der Waals surface area contributed by atoms with E-state index in [1.165, 1.54) is 7.11 Å². The summed E-state index contributed by atoms with van der Waals surface area (Å²) < 4.78 is 19.1. The molecule has 3 aromatic rings. The van der Waals surface area contributed by atoms with Crippen LogP contribution in [0.3, 0.4) is 0 Å². The molecule has 4 bridgehead atoms. The first-order valence-corrected chi connectivity index (χ1v) is 12.8. The maximum atomic E-state index is 13.2. The lowest BCUT2D eigenvalue weighted by atomic mass is 10.1. The SMILES string of the molecule is COc1ccc2cc1OCCn1cc(nn1)CO[C@H]1CN(C(=O)CCc3c(C)nc(=O)[nH]c3C)C[C@@H]1NC2=O. The average molecular weight is 538 g/mol. The zero-order chi connectivity index (χ0) is 27.5. The molecule has 5 rings (SSSR count). The number of nitrogens with zero attached hydrogens (tertiary/aromatic N) is 5. The molecule has 0 radical (unpaired) electrons. The molecule has 2 atom stereocenters. The molecule has 2 aliphatic heterocycles. The highest BCUT2D eigenvalue weighted by Gasteiger charge is 2.37. The molecule has 39 heavy (non-hydrogen) atoms. The monoisotopic (exact) mass is 537 g/mol. The Balaban J connectivity index is 1.34. The summed E-state index contributed by atoms with van der Waals surface area (Å²) in [6.45, 7) is 5.11. The van der Waals surface area contributed by atoms with E-state index in [1.54, 1.807) is 47.8 Å². The third-order valence-corrected chi connectivity index (χ3v) is 7.01. The van der Waals surface area contributed by atoms with Gasteiger partial charge in [0.25, 0.3) is 5.91 Å². The van der Waals surface area contributed by atoms with E-state index in [1.807, 2.05) is 0 Å². The normalized spacial score (nSPS) is 19.4. The number of hydrogen-bond acceptors (Lipinski definition) is 9. The number of benzene rings is 1. The molecule has 1 fully saturated rings. The van der Waals surface area contributed by atoms with Crippen LogP contribution in [0.25, 0.3) is 0 Å². The summed E-state index contributed by atoms with van der Waals surface area (Å²) in [6, 6.07) is 4.55. The van der Waals surface area contributed by atoms with Gasteiger partial charge in [0.1, 0.15) is 12.3 Å². The van der Waals surface area contributed by atoms with Crippen molar-refractivity contribution in [3.05, 3.63) is 63.1 Å². The molecule has 2 N–H and O–H groups in total. The van der Waals surface area contributed by atoms with Crippen molar-refractivity contribution >= 4 is 11.8 Å². The maximum Gasteiger partial charge on any atom is 0.345 e. The lowest BCUT2D eigenvalue weighted by Crippen LogP contribution is -2.44. The van der Waals surface area contributed by atoms with Gasteiger partial charge < -0.3 is 29.4 Å². The molecule has 0 unspecified atom stereocenters. The van der Waals surface area contributed by atoms with E-state index in [2.05, 4.69) is 25.6 Å². The second kappa shape index (κ2) is 11.2. The van der Waals surface area contributed by atoms with Crippen molar-refractivity contribution in [3.8, 4) is 11.5 Å². The number of aromatic amines is 1. The summed E-state index contributed by atoms with van der Waals surface area (Å²) in [4.78, 5) is 46.4. The highest BCUT2D eigenvalue weighted by molar-refractivity contribution is 5.95. The Morgan fingerprint density at radius 1 is 1.23 bits per heavy atom. The minimum atomic E-state index is -0.444. The van der Waals surface area contributed by atoms with Crippen molar-refractivity contribution in [2.45, 2.75) is 52.0 Å². The minimum absolute atomic E-state index is 0.0779. The molecule has 13 heteroatoms. The van der Waals surface area contributed by atoms with Crippen LogP contribution in [0.4, 0.5) is 0 Å². The van der Waals surface area contributed by atoms with Gasteiger partial charge in [0.05, 0.1) is 38.6 Å². The number of rotatable bonds is 4. The maximum absolute atomic E-state index is 13.2. The predicted octanol–water partition coefficient (Wildman–Crippen LogP) is 0.538. The van der Waals surface area contributed by atoms with E-state index >= 15 is 0 Å². The molecule has 4 heterocycles. The number of carbonyl (C=O) groups is 2. The number of H-pyrrole nitrogens is 1. The van der Waals surface area contributed by atoms with E-state index in [0.717, 1.165) is 5.56 Å². The van der Waals surface area contributed by atoms with E-state index < -0.39 is 17.8 Å². The second-order valence-corrected chi connectivity index (χ2v) is 9.65. The zero-order valence-corrected chi connectivity index (χ0v) is 22.1. The fourth-order valence-corrected chi connectivity index (χ4v) is 4.94. The number of aromatic nitrogens is 5. The number of nitrogens with one attached hydrogen (secondary N) is 2. The summed E-state index contributed by atoms with van der Waals surface area (Å²) in [7, 11) is 1.54. The number of amides is 2. The van der Waals surface area contributed by atoms with E-state index in [0.29, 0.717) is 66.8 Å². The molecule has 0 saturated carbocycles. The number of aryl methyl sites for hydroxylation is 2. The van der Waals surface area contributed by atoms with Crippen molar-refractivity contribution in [1.82, 2.24) is 35.2 Å². The van der Waals surface area contributed by atoms with Gasteiger partial charge in [0, 0.05) is 36.5 Å². The van der Waals surface area contributed by atoms with Gasteiger partial charge in [0.15, 0.2) is 11.5 Å². The molecule has 1 aromatic carbocycles. The van der Waals surface area contributed by atoms with Gasteiger partial charge in [-0.25, -0.2) is 9.48 Å². The molecule has 1 saturated heterocycles. The van der Waals surface area contributed by atoms with Crippen LogP contribution in [-0.4, -0.2) is 80.6 Å². The lowest BCUT2D eigenvalue weighted by molar-refractivity contribution is -0.130. The molecule has 13 nitrogen and oxygen atoms in total. The number of likely N-dealkylation sites (tertiary alicyclic amines) is 1. The van der Waals surface area contributed by atoms with Crippen LogP contribution in [-0.2, 0) is 29.1 Å². The third kappa shape index (κ3) is 5.93. The fraction of sp³-hybridized carbons (Fsp3) is 0.462. The smallest absolute Gasteiger partial charge is 0.345 e. The summed E-state index contributed by atoms with van der Waals surface area (Å²) in [6.07, 6.45) is 2.01. The molecule has 206 valence electrons. The van der Waals surface area contributed by atoms with E-state index in [9.17, 15) is 14.4 Å². The van der Waals surface area contributed by atoms with Gasteiger partial charge >= 0.3 is 5.69 Å². The fourth-order valence-electron chi connectivity index (χ4n) is 4.94. The van der Waals surface area contributed by atoms with Gasteiger partial charge in [0.2, 0.25) is 5.91 Å². The Kier molecular flexibility index (Phi) is 7.59. The van der Waals surface area contributed by atoms with Gasteiger partial charge in [-0.05, 0) is 44.0 Å². The Morgan fingerprint density at radius 2 is 2.08 bits per heavy atom. The highest BCUT2D eigenvalue weighted by atomic mass is 16.5. The van der Waals surface area contributed by atoms with Gasteiger partial charge in [-0.3, -0.25) is 9.59 Å². The van der Waals surface area contributed by atoms with Crippen molar-refractivity contribution in [2.75, 3.05) is 26.8 Å². The summed E-state index contributed by atoms with van der Waals surface area (Å²) in [5, 5.41) is 11.3. The molecule has 0 spiro atoms. The van der Waals surface area contributed by atoms with E-state index in [-0.39, 0.29) is 24.8 Å². The van der Waals surface area contributed by atoms with Crippen molar-refractivity contribution < 1.29 is 23.8 Å². The van der Waals surface area contributed by atoms with Crippen LogP contribution in [0.1, 0.15) is 39.4 Å². The molecule has 2 aliphatic rings. The van der Waals surface area contributed by atoms with Crippen molar-refractivity contribution in [2.24, 2.45) is 0 Å². The van der Waals surface area contributed by atoms with Gasteiger partial charge in [-0.15, -0.1) is 5.10 Å². The highest BCUT2D eigenvalue weighted by Crippen LogP contribution is 2.28. The van der Waals surface area contributed by atoms with Crippen molar-refractivity contribution in [1.29, 1.82) is 0 Å². The predicted molar refractivity (Wildman–Crippen MR) is 138 cm³/mol. The average Bonchev–Trinajstić information content (AvgIpc) is 3.53. The van der Waals surface area contributed by atoms with E-state index in [4.69, 9.17) is 14.2 Å². The quantitative estimate of drug-likeness (QED) is 0.485. The number of methoxy groups -OCH3 is 1. The van der Waals surface area contributed by atoms with Gasteiger partial charge in [-0.1, -0.05) is 5.21 Å². The Bertz CT molecular complexity index is 1410. The topological polar surface area (TPSA) is 154 Å². The first-order chi connectivity index (χ1) is 18.8. The first kappa shape index (κ1) is 26.4. The van der Waals surface area contributed by atoms with Crippen LogP contribution in [0.2, 0.25) is 0 Å². The molecular weight excluding hydrogens is 506 g/mol. The Labute approximate surface area is 224 Å². The number of ether oxygens (including phenoxy) is 3. The first-order valence-electron chi connectivity index (χ1n) is 12.8. The molecule has 2 aromatic heterocycles. The zero-order valence-electron chi connectivity index (χ0n) is 22.1. The lowest BCUT2D eigenvalue weighted by Gasteiger charge is -2.20. The molecular formula is C26H31N7O6. The van der Waals surface area contributed by atoms with Crippen LogP contribution < -0.4 is 20.5 Å². The Hall–Kier alpha value is -4.26. The summed E-state index contributed by atoms with van der Waals surface area (Å²) >= 11 is 0. The minimum Gasteiger partial charge on any atom is -0.493 e. The molecule has 2 amide bonds.